The summed E-state index contributed by atoms with van der Waals surface area (Å²) in [5.41, 5.74) is 3.05. The molecular weight excluding hydrogens is 264 g/mol. The van der Waals surface area contributed by atoms with Crippen molar-refractivity contribution in [2.45, 2.75) is 26.4 Å². The molecule has 0 fully saturated rings. The smallest absolute Gasteiger partial charge is 0.130 e. The molecule has 0 aliphatic carbocycles. The summed E-state index contributed by atoms with van der Waals surface area (Å²) in [6.45, 7) is 2.68. The molecule has 0 bridgehead atoms. The number of hydrogen-bond acceptors (Lipinski definition) is 3. The monoisotopic (exact) mass is 284 g/mol. The van der Waals surface area contributed by atoms with Gasteiger partial charge in [0.25, 0.3) is 0 Å². The first-order chi connectivity index (χ1) is 10.2. The summed E-state index contributed by atoms with van der Waals surface area (Å²) in [6.07, 6.45) is 1.42. The molecule has 1 heterocycles. The number of aliphatic hydroxyl groups excluding tert-OH is 1. The lowest BCUT2D eigenvalue weighted by atomic mass is 10.2. The highest BCUT2D eigenvalue weighted by atomic mass is 16.5. The molecule has 0 saturated heterocycles. The second-order valence-corrected chi connectivity index (χ2v) is 4.69. The summed E-state index contributed by atoms with van der Waals surface area (Å²) < 4.78 is 7.62. The summed E-state index contributed by atoms with van der Waals surface area (Å²) >= 11 is 0. The molecule has 1 aromatic heterocycles. The van der Waals surface area contributed by atoms with Crippen molar-refractivity contribution in [1.29, 1.82) is 0 Å². The molecule has 0 atom stereocenters. The van der Waals surface area contributed by atoms with E-state index >= 15 is 0 Å². The van der Waals surface area contributed by atoms with Crippen LogP contribution in [-0.4, -0.2) is 21.5 Å². The van der Waals surface area contributed by atoms with E-state index in [1.807, 2.05) is 36.0 Å². The van der Waals surface area contributed by atoms with Gasteiger partial charge in [-0.1, -0.05) is 18.8 Å². The second-order valence-electron chi connectivity index (χ2n) is 4.69. The molecule has 0 aliphatic rings. The van der Waals surface area contributed by atoms with E-state index in [9.17, 15) is 0 Å². The van der Waals surface area contributed by atoms with Gasteiger partial charge >= 0.3 is 0 Å². The number of rotatable bonds is 5. The lowest BCUT2D eigenvalue weighted by Crippen LogP contribution is -2.02. The van der Waals surface area contributed by atoms with Crippen molar-refractivity contribution in [3.63, 3.8) is 0 Å². The number of ether oxygens (including phenoxy) is 1. The van der Waals surface area contributed by atoms with Gasteiger partial charge in [0.05, 0.1) is 18.0 Å². The zero-order valence-corrected chi connectivity index (χ0v) is 12.5. The van der Waals surface area contributed by atoms with Gasteiger partial charge in [-0.25, -0.2) is 0 Å². The van der Waals surface area contributed by atoms with Crippen LogP contribution in [0, 0.1) is 11.8 Å². The minimum absolute atomic E-state index is 0.0959. The third-order valence-corrected chi connectivity index (χ3v) is 3.10. The van der Waals surface area contributed by atoms with Crippen LogP contribution in [0.25, 0.3) is 0 Å². The van der Waals surface area contributed by atoms with Crippen molar-refractivity contribution < 1.29 is 9.84 Å². The third-order valence-electron chi connectivity index (χ3n) is 3.10. The topological polar surface area (TPSA) is 47.3 Å². The van der Waals surface area contributed by atoms with Crippen LogP contribution < -0.4 is 4.74 Å². The highest BCUT2D eigenvalue weighted by Crippen LogP contribution is 2.14. The molecule has 0 spiro atoms. The lowest BCUT2D eigenvalue weighted by Gasteiger charge is -2.06. The Morgan fingerprint density at radius 1 is 1.29 bits per heavy atom. The molecule has 110 valence electrons. The Labute approximate surface area is 125 Å². The van der Waals surface area contributed by atoms with Crippen molar-refractivity contribution in [1.82, 2.24) is 9.78 Å². The Morgan fingerprint density at radius 3 is 2.67 bits per heavy atom. The highest BCUT2D eigenvalue weighted by molar-refractivity contribution is 5.38. The van der Waals surface area contributed by atoms with Gasteiger partial charge in [-0.2, -0.15) is 5.10 Å². The molecule has 0 amide bonds. The molecule has 0 saturated carbocycles. The Hall–Kier alpha value is -2.25. The molecule has 4 nitrogen and oxygen atoms in total. The Balaban J connectivity index is 1.94. The van der Waals surface area contributed by atoms with E-state index in [1.165, 1.54) is 0 Å². The summed E-state index contributed by atoms with van der Waals surface area (Å²) in [6, 6.07) is 9.70. The Morgan fingerprint density at radius 2 is 2.05 bits per heavy atom. The van der Waals surface area contributed by atoms with Crippen molar-refractivity contribution >= 4 is 0 Å². The maximum Gasteiger partial charge on any atom is 0.130 e. The van der Waals surface area contributed by atoms with Crippen LogP contribution in [-0.2, 0) is 20.1 Å². The molecule has 0 aliphatic heterocycles. The summed E-state index contributed by atoms with van der Waals surface area (Å²) in [4.78, 5) is 0. The molecule has 2 rings (SSSR count). The maximum absolute atomic E-state index is 8.68. The average molecular weight is 284 g/mol. The SMILES string of the molecule is CCc1cc(COc2ccc(C#CCCO)cc2)n(C)n1. The van der Waals surface area contributed by atoms with E-state index in [4.69, 9.17) is 9.84 Å². The van der Waals surface area contributed by atoms with Crippen LogP contribution in [0.5, 0.6) is 5.75 Å². The average Bonchev–Trinajstić information content (AvgIpc) is 2.87. The van der Waals surface area contributed by atoms with E-state index in [2.05, 4.69) is 29.9 Å². The number of nitrogens with zero attached hydrogens (tertiary/aromatic N) is 2. The normalized spacial score (nSPS) is 10.0. The van der Waals surface area contributed by atoms with Crippen molar-refractivity contribution in [2.75, 3.05) is 6.61 Å². The third kappa shape index (κ3) is 4.37. The van der Waals surface area contributed by atoms with Crippen LogP contribution in [0.4, 0.5) is 0 Å². The van der Waals surface area contributed by atoms with E-state index in [0.717, 1.165) is 29.1 Å². The van der Waals surface area contributed by atoms with Gasteiger partial charge in [0.15, 0.2) is 0 Å². The van der Waals surface area contributed by atoms with Gasteiger partial charge in [0, 0.05) is 19.0 Å². The Bertz CT molecular complexity index is 633. The van der Waals surface area contributed by atoms with E-state index < -0.39 is 0 Å². The predicted molar refractivity (Wildman–Crippen MR) is 81.9 cm³/mol. The predicted octanol–water partition coefficient (Wildman–Crippen LogP) is 2.30. The van der Waals surface area contributed by atoms with Crippen molar-refractivity contribution in [3.8, 4) is 17.6 Å². The first kappa shape index (κ1) is 15.1. The molecule has 0 radical (unpaired) electrons. The van der Waals surface area contributed by atoms with Gasteiger partial charge in [0.2, 0.25) is 0 Å². The number of hydrogen-bond donors (Lipinski definition) is 1. The number of aliphatic hydroxyl groups is 1. The standard InChI is InChI=1S/C17H20N2O2/c1-3-15-12-16(19(2)18-15)13-21-17-9-7-14(8-10-17)6-4-5-11-20/h7-10,12,20H,3,5,11,13H2,1-2H3. The van der Waals surface area contributed by atoms with E-state index in [0.29, 0.717) is 13.0 Å². The molecule has 1 N–H and O–H groups in total. The zero-order valence-electron chi connectivity index (χ0n) is 12.5. The van der Waals surface area contributed by atoms with Gasteiger partial charge in [-0.15, -0.1) is 0 Å². The van der Waals surface area contributed by atoms with Gasteiger partial charge in [0.1, 0.15) is 12.4 Å². The lowest BCUT2D eigenvalue weighted by molar-refractivity contribution is 0.295. The maximum atomic E-state index is 8.68. The fraction of sp³-hybridized carbons (Fsp3) is 0.353. The quantitative estimate of drug-likeness (QED) is 0.857. The van der Waals surface area contributed by atoms with E-state index in [-0.39, 0.29) is 6.61 Å². The Kier molecular flexibility index (Phi) is 5.42. The zero-order chi connectivity index (χ0) is 15.1. The van der Waals surface area contributed by atoms with Crippen LogP contribution in [0.2, 0.25) is 0 Å². The second kappa shape index (κ2) is 7.51. The number of aryl methyl sites for hydroxylation is 2. The van der Waals surface area contributed by atoms with E-state index in [1.54, 1.807) is 0 Å². The van der Waals surface area contributed by atoms with Crippen molar-refractivity contribution in [2.24, 2.45) is 7.05 Å². The molecule has 21 heavy (non-hydrogen) atoms. The van der Waals surface area contributed by atoms with Crippen molar-refractivity contribution in [3.05, 3.63) is 47.3 Å². The van der Waals surface area contributed by atoms with Crippen LogP contribution in [0.15, 0.2) is 30.3 Å². The minimum atomic E-state index is 0.0959. The number of aromatic nitrogens is 2. The molecule has 4 heteroatoms. The van der Waals surface area contributed by atoms with Gasteiger partial charge in [-0.05, 0) is 36.8 Å². The first-order valence-corrected chi connectivity index (χ1v) is 7.07. The summed E-state index contributed by atoms with van der Waals surface area (Å²) in [5, 5.41) is 13.1. The first-order valence-electron chi connectivity index (χ1n) is 7.07. The van der Waals surface area contributed by atoms with Gasteiger partial charge in [-0.3, -0.25) is 4.68 Å². The molecular formula is C17H20N2O2. The molecule has 0 unspecified atom stereocenters. The number of benzene rings is 1. The fourth-order valence-corrected chi connectivity index (χ4v) is 1.89. The van der Waals surface area contributed by atoms with Crippen LogP contribution in [0.1, 0.15) is 30.3 Å². The minimum Gasteiger partial charge on any atom is -0.487 e. The fourth-order valence-electron chi connectivity index (χ4n) is 1.89. The van der Waals surface area contributed by atoms with Crippen LogP contribution >= 0.6 is 0 Å². The molecule has 1 aromatic carbocycles. The highest BCUT2D eigenvalue weighted by Gasteiger charge is 2.04. The molecule has 2 aromatic rings. The summed E-state index contributed by atoms with van der Waals surface area (Å²) in [5.74, 6) is 6.69. The van der Waals surface area contributed by atoms with Gasteiger partial charge < -0.3 is 9.84 Å². The largest absolute Gasteiger partial charge is 0.487 e. The van der Waals surface area contributed by atoms with Crippen LogP contribution in [0.3, 0.4) is 0 Å². The summed E-state index contributed by atoms with van der Waals surface area (Å²) in [7, 11) is 1.93.